The van der Waals surface area contributed by atoms with Crippen LogP contribution in [-0.2, 0) is 14.8 Å². The van der Waals surface area contributed by atoms with Crippen molar-refractivity contribution in [2.75, 3.05) is 32.6 Å². The van der Waals surface area contributed by atoms with E-state index in [0.717, 1.165) is 19.5 Å². The number of hydrogen-bond donors (Lipinski definition) is 1. The first-order valence-corrected chi connectivity index (χ1v) is 8.95. The van der Waals surface area contributed by atoms with Crippen LogP contribution >= 0.6 is 0 Å². The fourth-order valence-corrected chi connectivity index (χ4v) is 3.89. The van der Waals surface area contributed by atoms with Gasteiger partial charge in [-0.1, -0.05) is 30.3 Å². The predicted molar refractivity (Wildman–Crippen MR) is 83.6 cm³/mol. The van der Waals surface area contributed by atoms with Crippen LogP contribution in [0.1, 0.15) is 24.9 Å². The standard InChI is InChI=1S/C15H24N2O3S/c1-13(14-6-4-3-5-7-14)17-9-8-15(12-17)16-21(18,19)11-10-20-2/h3-7,13,15-16H,8-12H2,1-2H3. The van der Waals surface area contributed by atoms with E-state index >= 15 is 0 Å². The van der Waals surface area contributed by atoms with Crippen LogP contribution in [0.4, 0.5) is 0 Å². The number of ether oxygens (including phenoxy) is 1. The Morgan fingerprint density at radius 2 is 2.10 bits per heavy atom. The normalized spacial score (nSPS) is 21.5. The summed E-state index contributed by atoms with van der Waals surface area (Å²) in [5.41, 5.74) is 1.26. The molecule has 1 aliphatic heterocycles. The predicted octanol–water partition coefficient (Wildman–Crippen LogP) is 1.39. The first-order valence-electron chi connectivity index (χ1n) is 7.30. The largest absolute Gasteiger partial charge is 0.384 e. The molecule has 0 aliphatic carbocycles. The summed E-state index contributed by atoms with van der Waals surface area (Å²) < 4.78 is 31.4. The average Bonchev–Trinajstić information content (AvgIpc) is 2.93. The molecule has 0 aromatic heterocycles. The number of benzene rings is 1. The fourth-order valence-electron chi connectivity index (χ4n) is 2.68. The minimum atomic E-state index is -3.24. The van der Waals surface area contributed by atoms with Crippen molar-refractivity contribution < 1.29 is 13.2 Å². The summed E-state index contributed by atoms with van der Waals surface area (Å²) in [6.07, 6.45) is 0.851. The van der Waals surface area contributed by atoms with Crippen LogP contribution in [-0.4, -0.2) is 51.9 Å². The monoisotopic (exact) mass is 312 g/mol. The topological polar surface area (TPSA) is 58.6 Å². The number of nitrogens with zero attached hydrogens (tertiary/aromatic N) is 1. The molecule has 0 saturated carbocycles. The van der Waals surface area contributed by atoms with Gasteiger partial charge >= 0.3 is 0 Å². The van der Waals surface area contributed by atoms with Crippen LogP contribution in [0.5, 0.6) is 0 Å². The number of methoxy groups -OCH3 is 1. The molecular formula is C15H24N2O3S. The van der Waals surface area contributed by atoms with Crippen molar-refractivity contribution in [2.45, 2.75) is 25.4 Å². The highest BCUT2D eigenvalue weighted by Gasteiger charge is 2.29. The Hall–Kier alpha value is -0.950. The Kier molecular flexibility index (Phi) is 5.75. The quantitative estimate of drug-likeness (QED) is 0.826. The lowest BCUT2D eigenvalue weighted by atomic mass is 10.1. The Balaban J connectivity index is 1.89. The van der Waals surface area contributed by atoms with Gasteiger partial charge in [0.1, 0.15) is 0 Å². The van der Waals surface area contributed by atoms with Crippen molar-refractivity contribution in [2.24, 2.45) is 0 Å². The molecule has 1 aromatic carbocycles. The molecule has 0 spiro atoms. The second-order valence-electron chi connectivity index (χ2n) is 5.50. The lowest BCUT2D eigenvalue weighted by Gasteiger charge is -2.24. The summed E-state index contributed by atoms with van der Waals surface area (Å²) in [5, 5.41) is 0. The second-order valence-corrected chi connectivity index (χ2v) is 7.37. The van der Waals surface area contributed by atoms with Crippen LogP contribution < -0.4 is 4.72 Å². The van der Waals surface area contributed by atoms with Crippen molar-refractivity contribution in [1.82, 2.24) is 9.62 Å². The van der Waals surface area contributed by atoms with Crippen LogP contribution in [0.15, 0.2) is 30.3 Å². The van der Waals surface area contributed by atoms with Gasteiger partial charge in [-0.3, -0.25) is 4.90 Å². The van der Waals surface area contributed by atoms with E-state index in [9.17, 15) is 8.42 Å². The molecule has 0 bridgehead atoms. The van der Waals surface area contributed by atoms with Crippen molar-refractivity contribution in [3.63, 3.8) is 0 Å². The molecule has 5 nitrogen and oxygen atoms in total. The molecule has 21 heavy (non-hydrogen) atoms. The third-order valence-electron chi connectivity index (χ3n) is 3.95. The molecule has 1 aromatic rings. The summed E-state index contributed by atoms with van der Waals surface area (Å²) in [4.78, 5) is 2.32. The summed E-state index contributed by atoms with van der Waals surface area (Å²) in [6.45, 7) is 4.05. The second kappa shape index (κ2) is 7.35. The van der Waals surface area contributed by atoms with Gasteiger partial charge in [0, 0.05) is 32.3 Å². The molecular weight excluding hydrogens is 288 g/mol. The number of hydrogen-bond acceptors (Lipinski definition) is 4. The summed E-state index contributed by atoms with van der Waals surface area (Å²) >= 11 is 0. The molecule has 2 atom stereocenters. The SMILES string of the molecule is COCCS(=O)(=O)NC1CCN(C(C)c2ccccc2)C1. The number of nitrogens with one attached hydrogen (secondary N) is 1. The van der Waals surface area contributed by atoms with Crippen molar-refractivity contribution >= 4 is 10.0 Å². The van der Waals surface area contributed by atoms with Crippen LogP contribution in [0, 0.1) is 0 Å². The summed E-state index contributed by atoms with van der Waals surface area (Å²) in [5.74, 6) is 0.0221. The third kappa shape index (κ3) is 4.78. The maximum atomic E-state index is 11.9. The van der Waals surface area contributed by atoms with E-state index < -0.39 is 10.0 Å². The Labute approximate surface area is 127 Å². The lowest BCUT2D eigenvalue weighted by Crippen LogP contribution is -2.39. The van der Waals surface area contributed by atoms with Gasteiger partial charge in [0.05, 0.1) is 12.4 Å². The van der Waals surface area contributed by atoms with E-state index in [4.69, 9.17) is 4.74 Å². The molecule has 2 rings (SSSR count). The zero-order valence-corrected chi connectivity index (χ0v) is 13.5. The summed E-state index contributed by atoms with van der Waals surface area (Å²) in [7, 11) is -1.73. The maximum absolute atomic E-state index is 11.9. The van der Waals surface area contributed by atoms with Gasteiger partial charge in [0.15, 0.2) is 0 Å². The van der Waals surface area contributed by atoms with Crippen molar-refractivity contribution in [3.8, 4) is 0 Å². The van der Waals surface area contributed by atoms with Gasteiger partial charge in [-0.15, -0.1) is 0 Å². The van der Waals surface area contributed by atoms with Crippen molar-refractivity contribution in [1.29, 1.82) is 0 Å². The van der Waals surface area contributed by atoms with Crippen LogP contribution in [0.3, 0.4) is 0 Å². The Morgan fingerprint density at radius 1 is 1.38 bits per heavy atom. The Morgan fingerprint density at radius 3 is 2.76 bits per heavy atom. The highest BCUT2D eigenvalue weighted by atomic mass is 32.2. The Bertz CT molecular complexity index is 533. The molecule has 118 valence electrons. The minimum Gasteiger partial charge on any atom is -0.384 e. The molecule has 6 heteroatoms. The zero-order valence-electron chi connectivity index (χ0n) is 12.7. The fraction of sp³-hybridized carbons (Fsp3) is 0.600. The molecule has 2 unspecified atom stereocenters. The molecule has 1 aliphatic rings. The van der Waals surface area contributed by atoms with Gasteiger partial charge in [-0.05, 0) is 18.9 Å². The van der Waals surface area contributed by atoms with E-state index in [0.29, 0.717) is 6.04 Å². The first kappa shape index (κ1) is 16.4. The van der Waals surface area contributed by atoms with E-state index in [1.165, 1.54) is 12.7 Å². The lowest BCUT2D eigenvalue weighted by molar-refractivity contribution is 0.216. The zero-order chi connectivity index (χ0) is 15.3. The first-order chi connectivity index (χ1) is 10.0. The van der Waals surface area contributed by atoms with Gasteiger partial charge in [0.25, 0.3) is 0 Å². The molecule has 1 fully saturated rings. The van der Waals surface area contributed by atoms with Crippen LogP contribution in [0.2, 0.25) is 0 Å². The smallest absolute Gasteiger partial charge is 0.214 e. The van der Waals surface area contributed by atoms with Gasteiger partial charge in [-0.25, -0.2) is 13.1 Å². The van der Waals surface area contributed by atoms with E-state index in [1.807, 2.05) is 18.2 Å². The maximum Gasteiger partial charge on any atom is 0.214 e. The molecule has 1 heterocycles. The number of rotatable bonds is 7. The van der Waals surface area contributed by atoms with Gasteiger partial charge < -0.3 is 4.74 Å². The van der Waals surface area contributed by atoms with Crippen molar-refractivity contribution in [3.05, 3.63) is 35.9 Å². The third-order valence-corrected chi connectivity index (χ3v) is 5.35. The van der Waals surface area contributed by atoms with E-state index in [-0.39, 0.29) is 18.4 Å². The van der Waals surface area contributed by atoms with Gasteiger partial charge in [0.2, 0.25) is 10.0 Å². The minimum absolute atomic E-state index is 0.00183. The van der Waals surface area contributed by atoms with E-state index in [2.05, 4.69) is 28.7 Å². The summed E-state index contributed by atoms with van der Waals surface area (Å²) in [6, 6.07) is 10.6. The number of likely N-dealkylation sites (tertiary alicyclic amines) is 1. The molecule has 1 N–H and O–H groups in total. The number of sulfonamides is 1. The molecule has 0 amide bonds. The highest BCUT2D eigenvalue weighted by Crippen LogP contribution is 2.24. The molecule has 0 radical (unpaired) electrons. The molecule has 1 saturated heterocycles. The van der Waals surface area contributed by atoms with Crippen LogP contribution in [0.25, 0.3) is 0 Å². The van der Waals surface area contributed by atoms with E-state index in [1.54, 1.807) is 0 Å². The highest BCUT2D eigenvalue weighted by molar-refractivity contribution is 7.89. The van der Waals surface area contributed by atoms with Gasteiger partial charge in [-0.2, -0.15) is 0 Å². The average molecular weight is 312 g/mol.